The fourth-order valence-corrected chi connectivity index (χ4v) is 4.30. The summed E-state index contributed by atoms with van der Waals surface area (Å²) in [6.07, 6.45) is 1.22. The molecular formula is C26H26N2O4S. The van der Waals surface area contributed by atoms with Crippen molar-refractivity contribution in [2.24, 2.45) is 0 Å². The van der Waals surface area contributed by atoms with Crippen LogP contribution in [0, 0.1) is 0 Å². The van der Waals surface area contributed by atoms with E-state index < -0.39 is 11.2 Å². The number of hydrogen-bond acceptors (Lipinski definition) is 5. The maximum Gasteiger partial charge on any atom is 0.339 e. The lowest BCUT2D eigenvalue weighted by Crippen LogP contribution is -2.21. The quantitative estimate of drug-likeness (QED) is 0.315. The number of para-hydroxylation sites is 1. The average molecular weight is 463 g/mol. The summed E-state index contributed by atoms with van der Waals surface area (Å²) in [5.41, 5.74) is 2.17. The maximum absolute atomic E-state index is 13.4. The van der Waals surface area contributed by atoms with E-state index in [1.165, 1.54) is 18.9 Å². The van der Waals surface area contributed by atoms with Crippen LogP contribution in [0.15, 0.2) is 83.8 Å². The number of hydrogen-bond donors (Lipinski definition) is 2. The summed E-state index contributed by atoms with van der Waals surface area (Å²) in [6, 6.07) is 23.5. The van der Waals surface area contributed by atoms with E-state index in [0.717, 1.165) is 16.9 Å². The lowest BCUT2D eigenvalue weighted by atomic mass is 10.1. The smallest absolute Gasteiger partial charge is 0.339 e. The Bertz CT molecular complexity index is 1120. The van der Waals surface area contributed by atoms with Gasteiger partial charge < -0.3 is 15.4 Å². The molecule has 0 aliphatic carbocycles. The minimum absolute atomic E-state index is 0.0450. The van der Waals surface area contributed by atoms with Crippen molar-refractivity contribution in [1.82, 2.24) is 0 Å². The number of esters is 1. The second kappa shape index (κ2) is 11.9. The van der Waals surface area contributed by atoms with E-state index in [1.54, 1.807) is 24.3 Å². The lowest BCUT2D eigenvalue weighted by Gasteiger charge is -2.18. The molecule has 2 N–H and O–H groups in total. The monoisotopic (exact) mass is 462 g/mol. The van der Waals surface area contributed by atoms with Gasteiger partial charge in [0.15, 0.2) is 0 Å². The average Bonchev–Trinajstić information content (AvgIpc) is 2.83. The van der Waals surface area contributed by atoms with Gasteiger partial charge in [0.05, 0.1) is 18.4 Å². The number of carbonyl (C=O) groups is 3. The molecule has 33 heavy (non-hydrogen) atoms. The van der Waals surface area contributed by atoms with Crippen LogP contribution in [0.3, 0.4) is 0 Å². The van der Waals surface area contributed by atoms with Crippen LogP contribution < -0.4 is 10.6 Å². The molecule has 0 radical (unpaired) electrons. The van der Waals surface area contributed by atoms with E-state index >= 15 is 0 Å². The maximum atomic E-state index is 13.4. The van der Waals surface area contributed by atoms with Gasteiger partial charge >= 0.3 is 5.97 Å². The molecule has 0 fully saturated rings. The number of methoxy groups -OCH3 is 1. The predicted molar refractivity (Wildman–Crippen MR) is 131 cm³/mol. The Balaban J connectivity index is 1.86. The molecule has 0 aromatic heterocycles. The molecule has 3 rings (SSSR count). The summed E-state index contributed by atoms with van der Waals surface area (Å²) in [6.45, 7) is 1.95. The zero-order chi connectivity index (χ0) is 23.6. The third kappa shape index (κ3) is 6.70. The molecule has 2 amide bonds. The number of amides is 2. The fraction of sp³-hybridized carbons (Fsp3) is 0.192. The van der Waals surface area contributed by atoms with Crippen molar-refractivity contribution < 1.29 is 19.1 Å². The first kappa shape index (κ1) is 24.1. The summed E-state index contributed by atoms with van der Waals surface area (Å²) >= 11 is 1.36. The highest BCUT2D eigenvalue weighted by atomic mass is 32.2. The molecule has 0 aliphatic heterocycles. The third-order valence-electron chi connectivity index (χ3n) is 4.78. The van der Waals surface area contributed by atoms with Crippen LogP contribution in [0.4, 0.5) is 11.4 Å². The van der Waals surface area contributed by atoms with Crippen molar-refractivity contribution in [3.63, 3.8) is 0 Å². The van der Waals surface area contributed by atoms with Crippen LogP contribution in [0.25, 0.3) is 0 Å². The van der Waals surface area contributed by atoms with E-state index in [2.05, 4.69) is 10.6 Å². The summed E-state index contributed by atoms with van der Waals surface area (Å²) in [5.74, 6) is -0.843. The summed E-state index contributed by atoms with van der Waals surface area (Å²) in [4.78, 5) is 38.3. The molecule has 1 atom stereocenters. The number of nitrogens with one attached hydrogen (secondary N) is 2. The number of thioether (sulfide) groups is 1. The van der Waals surface area contributed by atoms with Gasteiger partial charge in [-0.3, -0.25) is 9.59 Å². The van der Waals surface area contributed by atoms with Gasteiger partial charge in [-0.2, -0.15) is 0 Å². The summed E-state index contributed by atoms with van der Waals surface area (Å²) in [7, 11) is 1.30. The van der Waals surface area contributed by atoms with Gasteiger partial charge in [0.25, 0.3) is 0 Å². The topological polar surface area (TPSA) is 84.5 Å². The molecule has 6 nitrogen and oxygen atoms in total. The number of benzene rings is 3. The molecule has 0 saturated carbocycles. The van der Waals surface area contributed by atoms with Gasteiger partial charge in [-0.15, -0.1) is 11.8 Å². The number of carbonyl (C=O) groups excluding carboxylic acids is 3. The Morgan fingerprint density at radius 2 is 1.64 bits per heavy atom. The molecule has 7 heteroatoms. The predicted octanol–water partition coefficient (Wildman–Crippen LogP) is 5.68. The first-order valence-corrected chi connectivity index (χ1v) is 11.5. The standard InChI is InChI=1S/C26H26N2O4S/c1-3-10-23(29)27-19-13-9-14-20(17-19)33-24(18-11-5-4-6-12-18)25(30)28-22-16-8-7-15-21(22)26(31)32-2/h4-9,11-17,24H,3,10H2,1-2H3,(H,27,29)(H,28,30). The second-order valence-electron chi connectivity index (χ2n) is 7.26. The second-order valence-corrected chi connectivity index (χ2v) is 8.44. The Morgan fingerprint density at radius 3 is 2.36 bits per heavy atom. The summed E-state index contributed by atoms with van der Waals surface area (Å²) in [5, 5.41) is 5.18. The molecule has 0 bridgehead atoms. The minimum Gasteiger partial charge on any atom is -0.465 e. The van der Waals surface area contributed by atoms with Crippen LogP contribution in [0.5, 0.6) is 0 Å². The van der Waals surface area contributed by atoms with Crippen molar-refractivity contribution in [2.75, 3.05) is 17.7 Å². The zero-order valence-corrected chi connectivity index (χ0v) is 19.4. The number of anilines is 2. The van der Waals surface area contributed by atoms with Crippen LogP contribution >= 0.6 is 11.8 Å². The first-order valence-electron chi connectivity index (χ1n) is 10.6. The van der Waals surface area contributed by atoms with Crippen molar-refractivity contribution >= 4 is 40.9 Å². The Labute approximate surface area is 197 Å². The molecule has 0 heterocycles. The largest absolute Gasteiger partial charge is 0.465 e. The highest BCUT2D eigenvalue weighted by molar-refractivity contribution is 8.00. The lowest BCUT2D eigenvalue weighted by molar-refractivity contribution is -0.116. The number of rotatable bonds is 9. The van der Waals surface area contributed by atoms with Crippen LogP contribution in [-0.4, -0.2) is 24.9 Å². The van der Waals surface area contributed by atoms with Gasteiger partial charge in [0.2, 0.25) is 11.8 Å². The van der Waals surface area contributed by atoms with Crippen molar-refractivity contribution in [2.45, 2.75) is 29.9 Å². The van der Waals surface area contributed by atoms with E-state index in [1.807, 2.05) is 61.5 Å². The van der Waals surface area contributed by atoms with Crippen molar-refractivity contribution in [3.8, 4) is 0 Å². The Morgan fingerprint density at radius 1 is 0.909 bits per heavy atom. The van der Waals surface area contributed by atoms with Gasteiger partial charge in [-0.25, -0.2) is 4.79 Å². The number of ether oxygens (including phenoxy) is 1. The molecule has 0 saturated heterocycles. The van der Waals surface area contributed by atoms with Gasteiger partial charge in [-0.05, 0) is 42.3 Å². The third-order valence-corrected chi connectivity index (χ3v) is 6.03. The molecule has 170 valence electrons. The fourth-order valence-electron chi connectivity index (χ4n) is 3.21. The van der Waals surface area contributed by atoms with Crippen molar-refractivity contribution in [3.05, 3.63) is 90.0 Å². The van der Waals surface area contributed by atoms with Gasteiger partial charge in [0.1, 0.15) is 5.25 Å². The SMILES string of the molecule is CCCC(=O)Nc1cccc(SC(C(=O)Nc2ccccc2C(=O)OC)c2ccccc2)c1. The molecule has 3 aromatic rings. The zero-order valence-electron chi connectivity index (χ0n) is 18.5. The van der Waals surface area contributed by atoms with Crippen LogP contribution in [0.2, 0.25) is 0 Å². The van der Waals surface area contributed by atoms with Gasteiger partial charge in [-0.1, -0.05) is 55.5 Å². The Hall–Kier alpha value is -3.58. The highest BCUT2D eigenvalue weighted by Crippen LogP contribution is 2.37. The Kier molecular flexibility index (Phi) is 8.66. The minimum atomic E-state index is -0.585. The molecular weight excluding hydrogens is 436 g/mol. The first-order chi connectivity index (χ1) is 16.0. The van der Waals surface area contributed by atoms with Gasteiger partial charge in [0, 0.05) is 17.0 Å². The van der Waals surface area contributed by atoms with Crippen LogP contribution in [-0.2, 0) is 14.3 Å². The molecule has 1 unspecified atom stereocenters. The van der Waals surface area contributed by atoms with Crippen molar-refractivity contribution in [1.29, 1.82) is 0 Å². The highest BCUT2D eigenvalue weighted by Gasteiger charge is 2.24. The van der Waals surface area contributed by atoms with Crippen LogP contribution in [0.1, 0.15) is 40.9 Å². The molecule has 0 aliphatic rings. The summed E-state index contributed by atoms with van der Waals surface area (Å²) < 4.78 is 4.83. The van der Waals surface area contributed by atoms with E-state index in [0.29, 0.717) is 17.8 Å². The van der Waals surface area contributed by atoms with E-state index in [4.69, 9.17) is 4.74 Å². The van der Waals surface area contributed by atoms with E-state index in [-0.39, 0.29) is 17.4 Å². The molecule has 0 spiro atoms. The molecule has 3 aromatic carbocycles. The normalized spacial score (nSPS) is 11.3. The van der Waals surface area contributed by atoms with E-state index in [9.17, 15) is 14.4 Å².